The van der Waals surface area contributed by atoms with Crippen LogP contribution in [0.3, 0.4) is 0 Å². The van der Waals surface area contributed by atoms with Crippen LogP contribution in [0.4, 0.5) is 8.78 Å². The van der Waals surface area contributed by atoms with Crippen molar-refractivity contribution in [2.45, 2.75) is 69.5 Å². The minimum Gasteiger partial charge on any atom is -0.479 e. The van der Waals surface area contributed by atoms with Gasteiger partial charge in [-0.25, -0.2) is 13.6 Å². The van der Waals surface area contributed by atoms with E-state index in [4.69, 9.17) is 4.84 Å². The highest BCUT2D eigenvalue weighted by Crippen LogP contribution is 2.72. The number of benzene rings is 1. The van der Waals surface area contributed by atoms with Crippen molar-refractivity contribution < 1.29 is 33.4 Å². The van der Waals surface area contributed by atoms with Gasteiger partial charge in [0.1, 0.15) is 6.17 Å². The van der Waals surface area contributed by atoms with Crippen LogP contribution in [0.5, 0.6) is 0 Å². The number of carbonyl (C=O) groups is 2. The van der Waals surface area contributed by atoms with E-state index >= 15 is 8.78 Å². The summed E-state index contributed by atoms with van der Waals surface area (Å²) in [5.41, 5.74) is -5.16. The van der Waals surface area contributed by atoms with Crippen LogP contribution in [0.2, 0.25) is 0 Å². The standard InChI is InChI=1S/C30H35F2NO5/c1-27-11-10-20(34)14-23(27)24(31)15-22-21-13-19-17-33(12-6-9-18-7-4-3-5-8-18)38-30(19,26(36)37)28(21,2)16-25(35)29(22,27)32/h3-5,7-8,10-11,14,19,21-22,24-25,35H,6,9,12-13,15-17H2,1-2H3,(H,36,37)/t19-,21-,22-,24-,25-,27-,28-,29-,30-/m0/s1. The number of aliphatic hydroxyl groups is 1. The molecule has 6 rings (SSSR count). The molecule has 5 aliphatic rings. The van der Waals surface area contributed by atoms with Gasteiger partial charge in [-0.15, -0.1) is 0 Å². The Bertz CT molecular complexity index is 1220. The molecule has 1 aliphatic heterocycles. The van der Waals surface area contributed by atoms with E-state index in [1.807, 2.05) is 18.2 Å². The van der Waals surface area contributed by atoms with Crippen molar-refractivity contribution in [2.75, 3.05) is 13.1 Å². The first-order chi connectivity index (χ1) is 18.0. The molecule has 204 valence electrons. The van der Waals surface area contributed by atoms with E-state index in [2.05, 4.69) is 12.1 Å². The van der Waals surface area contributed by atoms with E-state index in [0.717, 1.165) is 12.8 Å². The van der Waals surface area contributed by atoms with E-state index in [1.54, 1.807) is 18.9 Å². The molecule has 1 aromatic carbocycles. The number of hydroxylamine groups is 2. The maximum absolute atomic E-state index is 17.3. The number of carbonyl (C=O) groups excluding carboxylic acids is 1. The van der Waals surface area contributed by atoms with Crippen molar-refractivity contribution in [1.29, 1.82) is 0 Å². The number of aryl methyl sites for hydroxylation is 1. The quantitative estimate of drug-likeness (QED) is 0.596. The largest absolute Gasteiger partial charge is 0.479 e. The molecule has 2 N–H and O–H groups in total. The van der Waals surface area contributed by atoms with Crippen molar-refractivity contribution >= 4 is 11.8 Å². The van der Waals surface area contributed by atoms with E-state index in [1.165, 1.54) is 23.8 Å². The molecule has 4 aliphatic carbocycles. The monoisotopic (exact) mass is 527 g/mol. The minimum atomic E-state index is -2.23. The van der Waals surface area contributed by atoms with Crippen LogP contribution in [0.1, 0.15) is 45.1 Å². The molecule has 3 saturated carbocycles. The second-order valence-electron chi connectivity index (χ2n) is 12.4. The first-order valence-corrected chi connectivity index (χ1v) is 13.6. The summed E-state index contributed by atoms with van der Waals surface area (Å²) in [7, 11) is 0. The van der Waals surface area contributed by atoms with Gasteiger partial charge in [0.2, 0.25) is 0 Å². The Morgan fingerprint density at radius 1 is 1.18 bits per heavy atom. The molecule has 9 atom stereocenters. The highest BCUT2D eigenvalue weighted by molar-refractivity contribution is 6.01. The van der Waals surface area contributed by atoms with Gasteiger partial charge in [-0.1, -0.05) is 43.3 Å². The number of fused-ring (bicyclic) bond motifs is 7. The SMILES string of the molecule is C[C@]12C=CC(=O)C=C1[C@@H](F)C[C@H]1[C@@H]3C[C@H]4CN(CCCc5ccccc5)O[C@@]4(C(=O)O)[C@@]3(C)C[C@H](O)[C@@]12F. The number of nitrogens with zero attached hydrogens (tertiary/aromatic N) is 1. The van der Waals surface area contributed by atoms with Crippen LogP contribution in [-0.2, 0) is 20.8 Å². The van der Waals surface area contributed by atoms with Gasteiger partial charge >= 0.3 is 5.97 Å². The molecule has 0 aromatic heterocycles. The Balaban J connectivity index is 1.30. The molecule has 4 fully saturated rings. The number of rotatable bonds is 5. The molecule has 1 saturated heterocycles. The lowest BCUT2D eigenvalue weighted by Crippen LogP contribution is -2.70. The number of alkyl halides is 2. The van der Waals surface area contributed by atoms with Crippen LogP contribution < -0.4 is 0 Å². The highest BCUT2D eigenvalue weighted by Gasteiger charge is 2.80. The van der Waals surface area contributed by atoms with E-state index in [9.17, 15) is 19.8 Å². The van der Waals surface area contributed by atoms with Crippen molar-refractivity contribution in [3.63, 3.8) is 0 Å². The fourth-order valence-electron chi connectivity index (χ4n) is 8.92. The summed E-state index contributed by atoms with van der Waals surface area (Å²) in [5, 5.41) is 23.8. The number of aliphatic hydroxyl groups excluding tert-OH is 1. The number of halogens is 2. The Morgan fingerprint density at radius 3 is 2.63 bits per heavy atom. The number of hydrogen-bond acceptors (Lipinski definition) is 5. The van der Waals surface area contributed by atoms with Crippen molar-refractivity contribution in [2.24, 2.45) is 28.6 Å². The van der Waals surface area contributed by atoms with E-state index in [0.29, 0.717) is 19.5 Å². The lowest BCUT2D eigenvalue weighted by molar-refractivity contribution is -0.273. The number of hydrogen-bond donors (Lipinski definition) is 2. The van der Waals surface area contributed by atoms with E-state index in [-0.39, 0.29) is 18.4 Å². The molecule has 1 heterocycles. The lowest BCUT2D eigenvalue weighted by atomic mass is 9.44. The molecule has 0 amide bonds. The summed E-state index contributed by atoms with van der Waals surface area (Å²) < 4.78 is 32.9. The molecular formula is C30H35F2NO5. The molecule has 0 radical (unpaired) electrons. The minimum absolute atomic E-state index is 0.0679. The Kier molecular flexibility index (Phi) is 5.80. The van der Waals surface area contributed by atoms with Crippen LogP contribution >= 0.6 is 0 Å². The Labute approximate surface area is 221 Å². The summed E-state index contributed by atoms with van der Waals surface area (Å²) >= 11 is 0. The van der Waals surface area contributed by atoms with Gasteiger partial charge in [0.15, 0.2) is 17.1 Å². The van der Waals surface area contributed by atoms with Gasteiger partial charge in [0.05, 0.1) is 6.10 Å². The number of ketones is 1. The van der Waals surface area contributed by atoms with Crippen molar-refractivity contribution in [1.82, 2.24) is 5.06 Å². The summed E-state index contributed by atoms with van der Waals surface area (Å²) in [6.07, 6.45) is 2.42. The third kappa shape index (κ3) is 3.20. The molecule has 0 unspecified atom stereocenters. The fraction of sp³-hybridized carbons (Fsp3) is 0.600. The number of allylic oxidation sites excluding steroid dienone is 4. The van der Waals surface area contributed by atoms with Crippen LogP contribution in [0.15, 0.2) is 54.1 Å². The first kappa shape index (κ1) is 25.8. The van der Waals surface area contributed by atoms with Crippen molar-refractivity contribution in [3.8, 4) is 0 Å². The molecular weight excluding hydrogens is 492 g/mol. The zero-order chi connectivity index (χ0) is 27.1. The summed E-state index contributed by atoms with van der Waals surface area (Å²) in [6, 6.07) is 10.0. The van der Waals surface area contributed by atoms with Gasteiger partial charge in [-0.2, -0.15) is 5.06 Å². The summed E-state index contributed by atoms with van der Waals surface area (Å²) in [4.78, 5) is 31.3. The van der Waals surface area contributed by atoms with Crippen LogP contribution in [0, 0.1) is 28.6 Å². The van der Waals surface area contributed by atoms with Gasteiger partial charge in [0, 0.05) is 35.8 Å². The third-order valence-corrected chi connectivity index (χ3v) is 10.7. The zero-order valence-electron chi connectivity index (χ0n) is 21.8. The van der Waals surface area contributed by atoms with Gasteiger partial charge < -0.3 is 10.2 Å². The fourth-order valence-corrected chi connectivity index (χ4v) is 8.92. The van der Waals surface area contributed by atoms with E-state index < -0.39 is 63.9 Å². The highest BCUT2D eigenvalue weighted by atomic mass is 19.1. The van der Waals surface area contributed by atoms with Gasteiger partial charge in [-0.05, 0) is 68.2 Å². The zero-order valence-corrected chi connectivity index (χ0v) is 21.8. The van der Waals surface area contributed by atoms with Crippen LogP contribution in [-0.4, -0.2) is 63.7 Å². The summed E-state index contributed by atoms with van der Waals surface area (Å²) in [5.74, 6) is -3.32. The molecule has 38 heavy (non-hydrogen) atoms. The lowest BCUT2D eigenvalue weighted by Gasteiger charge is -2.63. The van der Waals surface area contributed by atoms with Crippen molar-refractivity contribution in [3.05, 3.63) is 59.7 Å². The second kappa shape index (κ2) is 8.54. The normalized spacial score (nSPS) is 45.7. The van der Waals surface area contributed by atoms with Gasteiger partial charge in [-0.3, -0.25) is 9.63 Å². The average molecular weight is 528 g/mol. The predicted molar refractivity (Wildman–Crippen MR) is 135 cm³/mol. The summed E-state index contributed by atoms with van der Waals surface area (Å²) in [6.45, 7) is 4.28. The Hall–Kier alpha value is -2.42. The molecule has 8 heteroatoms. The maximum Gasteiger partial charge on any atom is 0.339 e. The predicted octanol–water partition coefficient (Wildman–Crippen LogP) is 4.23. The topological polar surface area (TPSA) is 87.1 Å². The second-order valence-corrected chi connectivity index (χ2v) is 12.4. The van der Waals surface area contributed by atoms with Crippen LogP contribution in [0.25, 0.3) is 0 Å². The molecule has 0 spiro atoms. The number of carboxylic acids is 1. The number of carboxylic acid groups (broad SMARTS) is 1. The average Bonchev–Trinajstić information content (AvgIpc) is 3.36. The smallest absolute Gasteiger partial charge is 0.339 e. The van der Waals surface area contributed by atoms with Gasteiger partial charge in [0.25, 0.3) is 0 Å². The molecule has 1 aromatic rings. The first-order valence-electron chi connectivity index (χ1n) is 13.6. The maximum atomic E-state index is 17.3. The molecule has 0 bridgehead atoms. The third-order valence-electron chi connectivity index (χ3n) is 10.7. The molecule has 6 nitrogen and oxygen atoms in total. The number of aliphatic carboxylic acids is 1. The Morgan fingerprint density at radius 2 is 1.92 bits per heavy atom.